The third-order valence-electron chi connectivity index (χ3n) is 4.40. The van der Waals surface area contributed by atoms with Crippen molar-refractivity contribution in [2.24, 2.45) is 0 Å². The fourth-order valence-electron chi connectivity index (χ4n) is 2.36. The first-order chi connectivity index (χ1) is 11.3. The maximum atomic E-state index is 12.2. The lowest BCUT2D eigenvalue weighted by molar-refractivity contribution is 0.00578. The molecule has 1 aromatic carbocycles. The molecule has 0 saturated carbocycles. The fraction of sp³-hybridized carbons (Fsp3) is 0.611. The van der Waals surface area contributed by atoms with Crippen molar-refractivity contribution in [1.29, 1.82) is 0 Å². The van der Waals surface area contributed by atoms with Gasteiger partial charge in [0.15, 0.2) is 0 Å². The van der Waals surface area contributed by atoms with Crippen molar-refractivity contribution in [3.63, 3.8) is 0 Å². The van der Waals surface area contributed by atoms with Gasteiger partial charge in [-0.3, -0.25) is 5.32 Å². The second-order valence-electron chi connectivity index (χ2n) is 8.17. The van der Waals surface area contributed by atoms with Gasteiger partial charge in [0, 0.05) is 17.2 Å². The number of rotatable bonds is 3. The highest BCUT2D eigenvalue weighted by Gasteiger charge is 2.52. The summed E-state index contributed by atoms with van der Waals surface area (Å²) in [5.74, 6) is 0.617. The van der Waals surface area contributed by atoms with Crippen molar-refractivity contribution in [3.05, 3.63) is 18.2 Å². The molecule has 1 saturated heterocycles. The Labute approximate surface area is 150 Å². The van der Waals surface area contributed by atoms with Gasteiger partial charge in [0.05, 0.1) is 18.3 Å². The van der Waals surface area contributed by atoms with Gasteiger partial charge in [-0.05, 0) is 54.5 Å². The Bertz CT molecular complexity index is 635. The predicted molar refractivity (Wildman–Crippen MR) is 98.6 cm³/mol. The van der Waals surface area contributed by atoms with E-state index in [1.165, 1.54) is 0 Å². The first-order valence-electron chi connectivity index (χ1n) is 8.38. The van der Waals surface area contributed by atoms with E-state index in [0.29, 0.717) is 16.9 Å². The number of hydrogen-bond donors (Lipinski definition) is 1. The SMILES string of the molecule is COc1ccc(B2OC(C)(C)C(C)(C)O2)c(NC(=O)OC(C)(C)C)c1. The van der Waals surface area contributed by atoms with Crippen LogP contribution in [0.5, 0.6) is 5.75 Å². The third kappa shape index (κ3) is 4.47. The molecule has 2 rings (SSSR count). The Morgan fingerprint density at radius 1 is 1.12 bits per heavy atom. The number of hydrogen-bond acceptors (Lipinski definition) is 5. The second kappa shape index (κ2) is 6.54. The fourth-order valence-corrected chi connectivity index (χ4v) is 2.36. The molecule has 0 radical (unpaired) electrons. The van der Waals surface area contributed by atoms with Crippen LogP contribution in [-0.2, 0) is 14.0 Å². The van der Waals surface area contributed by atoms with E-state index in [0.717, 1.165) is 0 Å². The number of ether oxygens (including phenoxy) is 2. The van der Waals surface area contributed by atoms with Crippen LogP contribution in [0.25, 0.3) is 0 Å². The molecule has 0 aromatic heterocycles. The normalized spacial score (nSPS) is 18.8. The molecular weight excluding hydrogens is 321 g/mol. The molecule has 1 aliphatic heterocycles. The van der Waals surface area contributed by atoms with Gasteiger partial charge in [-0.1, -0.05) is 6.07 Å². The number of methoxy groups -OCH3 is 1. The number of nitrogens with one attached hydrogen (secondary N) is 1. The monoisotopic (exact) mass is 349 g/mol. The van der Waals surface area contributed by atoms with E-state index in [-0.39, 0.29) is 0 Å². The molecule has 0 aliphatic carbocycles. The summed E-state index contributed by atoms with van der Waals surface area (Å²) in [5, 5.41) is 2.77. The van der Waals surface area contributed by atoms with Gasteiger partial charge in [0.2, 0.25) is 0 Å². The van der Waals surface area contributed by atoms with Gasteiger partial charge in [0.25, 0.3) is 0 Å². The molecular formula is C18H28BNO5. The zero-order valence-electron chi connectivity index (χ0n) is 16.4. The molecule has 1 aromatic rings. The highest BCUT2D eigenvalue weighted by molar-refractivity contribution is 6.64. The van der Waals surface area contributed by atoms with Gasteiger partial charge in [-0.2, -0.15) is 0 Å². The molecule has 25 heavy (non-hydrogen) atoms. The lowest BCUT2D eigenvalue weighted by atomic mass is 9.77. The van der Waals surface area contributed by atoms with Crippen molar-refractivity contribution in [2.75, 3.05) is 12.4 Å². The first kappa shape index (κ1) is 19.6. The summed E-state index contributed by atoms with van der Waals surface area (Å²) in [7, 11) is 0.974. The Morgan fingerprint density at radius 3 is 2.16 bits per heavy atom. The molecule has 138 valence electrons. The molecule has 1 amide bonds. The molecule has 0 bridgehead atoms. The summed E-state index contributed by atoms with van der Waals surface area (Å²) in [5.41, 5.74) is -0.285. The molecule has 1 fully saturated rings. The number of anilines is 1. The topological polar surface area (TPSA) is 66.0 Å². The number of amides is 1. The van der Waals surface area contributed by atoms with Crippen molar-refractivity contribution in [1.82, 2.24) is 0 Å². The predicted octanol–water partition coefficient (Wildman–Crippen LogP) is 3.34. The van der Waals surface area contributed by atoms with Crippen LogP contribution in [0.3, 0.4) is 0 Å². The van der Waals surface area contributed by atoms with Crippen LogP contribution < -0.4 is 15.5 Å². The average molecular weight is 349 g/mol. The van der Waals surface area contributed by atoms with E-state index in [2.05, 4.69) is 5.32 Å². The summed E-state index contributed by atoms with van der Waals surface area (Å²) in [6.45, 7) is 13.4. The summed E-state index contributed by atoms with van der Waals surface area (Å²) in [6.07, 6.45) is -0.543. The van der Waals surface area contributed by atoms with Crippen molar-refractivity contribution in [3.8, 4) is 5.75 Å². The number of carbonyl (C=O) groups excluding carboxylic acids is 1. The van der Waals surface area contributed by atoms with Crippen LogP contribution >= 0.6 is 0 Å². The third-order valence-corrected chi connectivity index (χ3v) is 4.40. The average Bonchev–Trinajstić information content (AvgIpc) is 2.64. The molecule has 0 atom stereocenters. The van der Waals surface area contributed by atoms with Crippen LogP contribution in [-0.4, -0.2) is 37.1 Å². The lowest BCUT2D eigenvalue weighted by Gasteiger charge is -2.32. The van der Waals surface area contributed by atoms with Gasteiger partial charge >= 0.3 is 13.2 Å². The largest absolute Gasteiger partial charge is 0.497 e. The van der Waals surface area contributed by atoms with E-state index in [4.69, 9.17) is 18.8 Å². The maximum Gasteiger partial charge on any atom is 0.496 e. The lowest BCUT2D eigenvalue weighted by Crippen LogP contribution is -2.41. The maximum absolute atomic E-state index is 12.2. The Balaban J connectivity index is 2.31. The molecule has 0 spiro atoms. The highest BCUT2D eigenvalue weighted by atomic mass is 16.7. The van der Waals surface area contributed by atoms with Gasteiger partial charge in [-0.25, -0.2) is 4.79 Å². The summed E-state index contributed by atoms with van der Waals surface area (Å²) >= 11 is 0. The highest BCUT2D eigenvalue weighted by Crippen LogP contribution is 2.37. The molecule has 0 unspecified atom stereocenters. The van der Waals surface area contributed by atoms with E-state index >= 15 is 0 Å². The summed E-state index contributed by atoms with van der Waals surface area (Å²) in [6, 6.07) is 5.36. The number of benzene rings is 1. The van der Waals surface area contributed by atoms with E-state index in [9.17, 15) is 4.79 Å². The molecule has 1 aliphatic rings. The van der Waals surface area contributed by atoms with Crippen molar-refractivity contribution in [2.45, 2.75) is 65.3 Å². The van der Waals surface area contributed by atoms with Crippen LogP contribution in [0, 0.1) is 0 Å². The molecule has 1 heterocycles. The quantitative estimate of drug-likeness (QED) is 0.848. The summed E-state index contributed by atoms with van der Waals surface area (Å²) < 4.78 is 22.8. The molecule has 6 nitrogen and oxygen atoms in total. The number of carbonyl (C=O) groups is 1. The zero-order chi connectivity index (χ0) is 19.0. The minimum Gasteiger partial charge on any atom is -0.497 e. The van der Waals surface area contributed by atoms with Crippen LogP contribution in [0.15, 0.2) is 18.2 Å². The van der Waals surface area contributed by atoms with Crippen LogP contribution in [0.4, 0.5) is 10.5 Å². The van der Waals surface area contributed by atoms with Gasteiger partial charge in [0.1, 0.15) is 11.4 Å². The van der Waals surface area contributed by atoms with Crippen LogP contribution in [0.1, 0.15) is 48.5 Å². The van der Waals surface area contributed by atoms with Crippen LogP contribution in [0.2, 0.25) is 0 Å². The minimum atomic E-state index is -0.596. The first-order valence-corrected chi connectivity index (χ1v) is 8.38. The standard InChI is InChI=1S/C18H28BNO5/c1-16(2,3)23-15(21)20-14-11-12(22-8)9-10-13(14)19-24-17(4,5)18(6,7)25-19/h9-11H,1-8H3,(H,20,21). The Morgan fingerprint density at radius 2 is 1.68 bits per heavy atom. The van der Waals surface area contributed by atoms with Gasteiger partial charge in [-0.15, -0.1) is 0 Å². The van der Waals surface area contributed by atoms with Crippen molar-refractivity contribution >= 4 is 24.4 Å². The van der Waals surface area contributed by atoms with Gasteiger partial charge < -0.3 is 18.8 Å². The second-order valence-corrected chi connectivity index (χ2v) is 8.17. The Hall–Kier alpha value is -1.73. The van der Waals surface area contributed by atoms with E-state index in [1.54, 1.807) is 19.2 Å². The smallest absolute Gasteiger partial charge is 0.496 e. The molecule has 7 heteroatoms. The zero-order valence-corrected chi connectivity index (χ0v) is 16.4. The summed E-state index contributed by atoms with van der Waals surface area (Å²) in [4.78, 5) is 12.2. The Kier molecular flexibility index (Phi) is 5.12. The van der Waals surface area contributed by atoms with Crippen molar-refractivity contribution < 1.29 is 23.6 Å². The van der Waals surface area contributed by atoms with E-state index in [1.807, 2.05) is 54.5 Å². The van der Waals surface area contributed by atoms with E-state index < -0.39 is 30.0 Å². The molecule has 1 N–H and O–H groups in total. The minimum absolute atomic E-state index is 0.471.